The number of nitrogens with zero attached hydrogens (tertiary/aromatic N) is 4. The fraction of sp³-hybridized carbons (Fsp3) is 0.118. The van der Waals surface area contributed by atoms with Crippen molar-refractivity contribution in [2.45, 2.75) is 6.92 Å². The minimum Gasteiger partial charge on any atom is -0.369 e. The average Bonchev–Trinajstić information content (AvgIpc) is 3.17. The molecular formula is C17H16N6. The minimum absolute atomic E-state index is 0.289. The Morgan fingerprint density at radius 2 is 2.13 bits per heavy atom. The van der Waals surface area contributed by atoms with Gasteiger partial charge in [-0.2, -0.15) is 5.10 Å². The van der Waals surface area contributed by atoms with Gasteiger partial charge >= 0.3 is 0 Å². The summed E-state index contributed by atoms with van der Waals surface area (Å²) in [4.78, 5) is 12.0. The highest BCUT2D eigenvalue weighted by atomic mass is 15.2. The van der Waals surface area contributed by atoms with Gasteiger partial charge in [-0.1, -0.05) is 12.1 Å². The van der Waals surface area contributed by atoms with E-state index in [0.29, 0.717) is 22.3 Å². The van der Waals surface area contributed by atoms with Crippen LogP contribution in [0.15, 0.2) is 42.6 Å². The lowest BCUT2D eigenvalue weighted by Gasteiger charge is -2.04. The van der Waals surface area contributed by atoms with Crippen molar-refractivity contribution in [3.63, 3.8) is 0 Å². The second-order valence-electron chi connectivity index (χ2n) is 5.34. The smallest absolute Gasteiger partial charge is 0.198 e. The number of imidazole rings is 1. The van der Waals surface area contributed by atoms with Gasteiger partial charge in [0.1, 0.15) is 0 Å². The Kier molecular flexibility index (Phi) is 2.27. The van der Waals surface area contributed by atoms with E-state index in [1.54, 1.807) is 12.1 Å². The summed E-state index contributed by atoms with van der Waals surface area (Å²) in [6, 6.07) is 11.1. The molecule has 23 heavy (non-hydrogen) atoms. The molecule has 3 aromatic heterocycles. The van der Waals surface area contributed by atoms with Gasteiger partial charge in [0.2, 0.25) is 0 Å². The average molecular weight is 307 g/mol. The maximum atomic E-state index is 7.55. The number of hydrogen-bond donors (Lipinski definition) is 2. The topological polar surface area (TPSA) is 85.4 Å². The predicted octanol–water partition coefficient (Wildman–Crippen LogP) is 2.92. The van der Waals surface area contributed by atoms with Gasteiger partial charge in [0.25, 0.3) is 0 Å². The van der Waals surface area contributed by atoms with Gasteiger partial charge in [0, 0.05) is 27.7 Å². The normalized spacial score (nSPS) is 13.7. The molecule has 0 aliphatic heterocycles. The first-order valence-electron chi connectivity index (χ1n) is 8.61. The molecule has 6 nitrogen and oxygen atoms in total. The van der Waals surface area contributed by atoms with Crippen molar-refractivity contribution in [3.8, 4) is 22.6 Å². The number of nitrogen functional groups attached to an aromatic ring is 1. The maximum absolute atomic E-state index is 7.55. The molecule has 0 spiro atoms. The Balaban J connectivity index is 1.86. The number of rotatable bonds is 2. The third-order valence-electron chi connectivity index (χ3n) is 3.71. The van der Waals surface area contributed by atoms with Crippen molar-refractivity contribution < 1.29 is 4.11 Å². The van der Waals surface area contributed by atoms with Crippen LogP contribution >= 0.6 is 0 Å². The highest BCUT2D eigenvalue weighted by Gasteiger charge is 2.15. The largest absolute Gasteiger partial charge is 0.369 e. The van der Waals surface area contributed by atoms with Crippen LogP contribution in [0.25, 0.3) is 33.5 Å². The minimum atomic E-state index is -2.32. The van der Waals surface area contributed by atoms with Crippen molar-refractivity contribution >= 4 is 16.9 Å². The summed E-state index contributed by atoms with van der Waals surface area (Å²) in [5.74, 6) is 0.289. The van der Waals surface area contributed by atoms with E-state index < -0.39 is 6.98 Å². The van der Waals surface area contributed by atoms with Crippen LogP contribution in [0.5, 0.6) is 0 Å². The Morgan fingerprint density at radius 1 is 1.22 bits per heavy atom. The molecule has 3 N–H and O–H groups in total. The van der Waals surface area contributed by atoms with Crippen LogP contribution in [0, 0.1) is 6.92 Å². The summed E-state index contributed by atoms with van der Waals surface area (Å²) < 4.78 is 23.7. The van der Waals surface area contributed by atoms with Crippen LogP contribution in [0.3, 0.4) is 0 Å². The molecule has 114 valence electrons. The van der Waals surface area contributed by atoms with E-state index in [1.807, 2.05) is 31.2 Å². The number of aryl methyl sites for hydroxylation is 2. The predicted molar refractivity (Wildman–Crippen MR) is 90.7 cm³/mol. The van der Waals surface area contributed by atoms with E-state index in [1.165, 1.54) is 6.20 Å². The number of fused-ring (bicyclic) bond motifs is 1. The molecule has 0 unspecified atom stereocenters. The van der Waals surface area contributed by atoms with Gasteiger partial charge in [0.15, 0.2) is 5.95 Å². The van der Waals surface area contributed by atoms with Crippen molar-refractivity contribution in [2.24, 2.45) is 6.98 Å². The van der Waals surface area contributed by atoms with Crippen LogP contribution in [0.2, 0.25) is 0 Å². The van der Waals surface area contributed by atoms with E-state index in [0.717, 1.165) is 21.6 Å². The third-order valence-corrected chi connectivity index (χ3v) is 3.71. The van der Waals surface area contributed by atoms with E-state index in [-0.39, 0.29) is 5.95 Å². The lowest BCUT2D eigenvalue weighted by Crippen LogP contribution is -1.90. The van der Waals surface area contributed by atoms with Crippen LogP contribution in [0.4, 0.5) is 5.95 Å². The summed E-state index contributed by atoms with van der Waals surface area (Å²) in [7, 11) is 0. The second kappa shape index (κ2) is 4.95. The molecular weight excluding hydrogens is 288 g/mol. The van der Waals surface area contributed by atoms with Gasteiger partial charge in [-0.05, 0) is 31.2 Å². The summed E-state index contributed by atoms with van der Waals surface area (Å²) >= 11 is 0. The first kappa shape index (κ1) is 10.6. The third kappa shape index (κ3) is 2.24. The van der Waals surface area contributed by atoms with E-state index in [9.17, 15) is 0 Å². The Bertz CT molecular complexity index is 1110. The molecule has 4 aromatic rings. The molecule has 1 aromatic carbocycles. The van der Waals surface area contributed by atoms with Gasteiger partial charge in [0.05, 0.1) is 28.8 Å². The first-order valence-corrected chi connectivity index (χ1v) is 7.11. The number of nitrogens with two attached hydrogens (primary N) is 1. The molecule has 0 radical (unpaired) electrons. The second-order valence-corrected chi connectivity index (χ2v) is 5.34. The molecule has 0 amide bonds. The number of anilines is 1. The van der Waals surface area contributed by atoms with Gasteiger partial charge in [-0.15, -0.1) is 0 Å². The van der Waals surface area contributed by atoms with Crippen LogP contribution < -0.4 is 5.73 Å². The lowest BCUT2D eigenvalue weighted by molar-refractivity contribution is 0.797. The molecule has 0 saturated carbocycles. The van der Waals surface area contributed by atoms with Crippen LogP contribution in [-0.4, -0.2) is 24.7 Å². The van der Waals surface area contributed by atoms with Crippen molar-refractivity contribution in [2.75, 3.05) is 5.73 Å². The summed E-state index contributed by atoms with van der Waals surface area (Å²) in [6.45, 7) is -0.408. The monoisotopic (exact) mass is 307 g/mol. The molecule has 0 atom stereocenters. The van der Waals surface area contributed by atoms with Crippen molar-refractivity contribution in [1.29, 1.82) is 0 Å². The number of pyridine rings is 1. The lowest BCUT2D eigenvalue weighted by atomic mass is 10.1. The molecule has 6 heteroatoms. The number of aromatic nitrogens is 5. The Hall–Kier alpha value is -3.15. The number of benzene rings is 1. The summed E-state index contributed by atoms with van der Waals surface area (Å²) in [5, 5.41) is 4.70. The molecule has 0 aliphatic rings. The molecule has 3 heterocycles. The van der Waals surface area contributed by atoms with Crippen molar-refractivity contribution in [3.05, 3.63) is 48.3 Å². The highest BCUT2D eigenvalue weighted by Crippen LogP contribution is 2.31. The van der Waals surface area contributed by atoms with Gasteiger partial charge < -0.3 is 10.7 Å². The van der Waals surface area contributed by atoms with E-state index in [4.69, 9.17) is 9.85 Å². The number of nitrogens with one attached hydrogen (secondary N) is 1. The Morgan fingerprint density at radius 3 is 2.96 bits per heavy atom. The fourth-order valence-electron chi connectivity index (χ4n) is 2.65. The number of hydrogen-bond acceptors (Lipinski definition) is 4. The molecule has 0 fully saturated rings. The fourth-order valence-corrected chi connectivity index (χ4v) is 2.65. The Labute approximate surface area is 137 Å². The number of aromatic amines is 1. The first-order chi connectivity index (χ1) is 12.3. The van der Waals surface area contributed by atoms with Crippen LogP contribution in [-0.2, 0) is 6.98 Å². The summed E-state index contributed by atoms with van der Waals surface area (Å²) in [5.41, 5.74) is 10.2. The molecule has 0 saturated heterocycles. The van der Waals surface area contributed by atoms with Gasteiger partial charge in [-0.25, -0.2) is 4.98 Å². The molecule has 0 bridgehead atoms. The van der Waals surface area contributed by atoms with E-state index >= 15 is 0 Å². The van der Waals surface area contributed by atoms with Crippen LogP contribution in [0.1, 0.15) is 9.81 Å². The standard InChI is InChI=1S/C17H16N6/c1-10-4-3-5-13(20-10)16-15(21-17(18)22-16)11-6-7-14-12(8-11)9-19-23(14)2/h3-9H,1-2H3,(H3,18,21,22)/i2D3. The maximum Gasteiger partial charge on any atom is 0.198 e. The highest BCUT2D eigenvalue weighted by molar-refractivity contribution is 5.87. The summed E-state index contributed by atoms with van der Waals surface area (Å²) in [6.07, 6.45) is 1.53. The zero-order valence-electron chi connectivity index (χ0n) is 15.4. The zero-order valence-corrected chi connectivity index (χ0v) is 12.4. The van der Waals surface area contributed by atoms with Crippen molar-refractivity contribution in [1.82, 2.24) is 24.7 Å². The number of H-pyrrole nitrogens is 1. The zero-order chi connectivity index (χ0) is 18.5. The van der Waals surface area contributed by atoms with E-state index in [2.05, 4.69) is 20.1 Å². The van der Waals surface area contributed by atoms with Gasteiger partial charge in [-0.3, -0.25) is 9.67 Å². The molecule has 4 rings (SSSR count). The SMILES string of the molecule is [2H]C([2H])([2H])n1ncc2cc(-c3nc(N)[nH]c3-c3cccc(C)n3)ccc21. The quantitative estimate of drug-likeness (QED) is 0.596. The molecule has 0 aliphatic carbocycles.